The van der Waals surface area contributed by atoms with Crippen LogP contribution in [-0.2, 0) is 10.2 Å². The first-order chi connectivity index (χ1) is 16.3. The molecule has 6 heteroatoms. The van der Waals surface area contributed by atoms with Crippen LogP contribution in [0, 0.1) is 0 Å². The van der Waals surface area contributed by atoms with Crippen molar-refractivity contribution in [1.29, 1.82) is 0 Å². The standard InChI is InChI=1S/C28H34N2O4/c1-4-5-6-7-8-17-30-25-16-14-22(18-23(25)28(2,3)19-26(30)31)24(29-34)15-11-20-9-12-21(13-10-20)27(32)33/h9-16,18,34H,4-8,17,19H2,1-3H3,(H,32,33)/b15-11+,29-24?. The van der Waals surface area contributed by atoms with Gasteiger partial charge in [0.25, 0.3) is 0 Å². The Morgan fingerprint density at radius 3 is 2.38 bits per heavy atom. The first-order valence-corrected chi connectivity index (χ1v) is 12.0. The Morgan fingerprint density at radius 2 is 1.74 bits per heavy atom. The van der Waals surface area contributed by atoms with Crippen LogP contribution < -0.4 is 4.90 Å². The monoisotopic (exact) mass is 462 g/mol. The van der Waals surface area contributed by atoms with Crippen molar-refractivity contribution in [3.8, 4) is 0 Å². The fraction of sp³-hybridized carbons (Fsp3) is 0.393. The van der Waals surface area contributed by atoms with Crippen LogP contribution in [0.3, 0.4) is 0 Å². The van der Waals surface area contributed by atoms with Gasteiger partial charge in [0.15, 0.2) is 0 Å². The summed E-state index contributed by atoms with van der Waals surface area (Å²) in [6.45, 7) is 7.06. The average Bonchev–Trinajstić information content (AvgIpc) is 2.81. The second-order valence-corrected chi connectivity index (χ2v) is 9.50. The van der Waals surface area contributed by atoms with Gasteiger partial charge in [0.2, 0.25) is 5.91 Å². The van der Waals surface area contributed by atoms with Crippen molar-refractivity contribution < 1.29 is 19.9 Å². The average molecular weight is 463 g/mol. The Morgan fingerprint density at radius 1 is 1.06 bits per heavy atom. The number of allylic oxidation sites excluding steroid dienone is 1. The summed E-state index contributed by atoms with van der Waals surface area (Å²) in [6.07, 6.45) is 9.63. The molecule has 0 aliphatic carbocycles. The molecule has 0 aromatic heterocycles. The zero-order chi connectivity index (χ0) is 24.7. The van der Waals surface area contributed by atoms with Crippen molar-refractivity contribution in [1.82, 2.24) is 0 Å². The van der Waals surface area contributed by atoms with Gasteiger partial charge < -0.3 is 15.2 Å². The number of oxime groups is 1. The summed E-state index contributed by atoms with van der Waals surface area (Å²) < 4.78 is 0. The molecule has 0 spiro atoms. The normalized spacial score (nSPS) is 15.6. The topological polar surface area (TPSA) is 90.2 Å². The van der Waals surface area contributed by atoms with Gasteiger partial charge in [0.1, 0.15) is 5.71 Å². The van der Waals surface area contributed by atoms with Crippen LogP contribution in [-0.4, -0.2) is 34.4 Å². The van der Waals surface area contributed by atoms with E-state index in [1.807, 2.05) is 23.1 Å². The van der Waals surface area contributed by atoms with Crippen LogP contribution in [0.1, 0.15) is 86.3 Å². The Bertz CT molecular complexity index is 1080. The van der Waals surface area contributed by atoms with Gasteiger partial charge in [-0.2, -0.15) is 0 Å². The number of carbonyl (C=O) groups is 2. The maximum absolute atomic E-state index is 12.9. The Labute approximate surface area is 201 Å². The highest BCUT2D eigenvalue weighted by Gasteiger charge is 2.36. The lowest BCUT2D eigenvalue weighted by Gasteiger charge is -2.39. The number of carboxylic acids is 1. The molecule has 0 fully saturated rings. The molecule has 0 saturated carbocycles. The highest BCUT2D eigenvalue weighted by atomic mass is 16.4. The van der Waals surface area contributed by atoms with E-state index >= 15 is 0 Å². The summed E-state index contributed by atoms with van der Waals surface area (Å²) in [6, 6.07) is 12.3. The molecule has 2 aromatic carbocycles. The molecule has 1 amide bonds. The predicted molar refractivity (Wildman–Crippen MR) is 136 cm³/mol. The molecular weight excluding hydrogens is 428 g/mol. The molecule has 1 heterocycles. The van der Waals surface area contributed by atoms with Crippen LogP contribution >= 0.6 is 0 Å². The largest absolute Gasteiger partial charge is 0.478 e. The SMILES string of the molecule is CCCCCCCN1C(=O)CC(C)(C)c2cc(C(/C=C/c3ccc(C(=O)O)cc3)=NO)ccc21. The molecule has 0 radical (unpaired) electrons. The van der Waals surface area contributed by atoms with Crippen molar-refractivity contribution in [2.24, 2.45) is 5.16 Å². The molecule has 1 aliphatic rings. The van der Waals surface area contributed by atoms with Crippen LogP contribution in [0.4, 0.5) is 5.69 Å². The van der Waals surface area contributed by atoms with E-state index in [4.69, 9.17) is 5.11 Å². The summed E-state index contributed by atoms with van der Waals surface area (Å²) in [4.78, 5) is 25.8. The Balaban J connectivity index is 1.83. The number of fused-ring (bicyclic) bond motifs is 1. The highest BCUT2D eigenvalue weighted by Crippen LogP contribution is 2.41. The molecule has 0 atom stereocenters. The van der Waals surface area contributed by atoms with E-state index in [0.29, 0.717) is 12.1 Å². The van der Waals surface area contributed by atoms with Crippen molar-refractivity contribution >= 4 is 29.4 Å². The fourth-order valence-electron chi connectivity index (χ4n) is 4.39. The van der Waals surface area contributed by atoms with Gasteiger partial charge in [-0.15, -0.1) is 0 Å². The molecule has 0 bridgehead atoms. The lowest BCUT2D eigenvalue weighted by molar-refractivity contribution is -0.120. The van der Waals surface area contributed by atoms with E-state index in [1.54, 1.807) is 24.3 Å². The van der Waals surface area contributed by atoms with Crippen LogP contribution in [0.25, 0.3) is 6.08 Å². The minimum atomic E-state index is -0.974. The summed E-state index contributed by atoms with van der Waals surface area (Å²) in [5, 5.41) is 22.2. The summed E-state index contributed by atoms with van der Waals surface area (Å²) in [5.41, 5.74) is 3.84. The molecule has 0 saturated heterocycles. The molecule has 2 N–H and O–H groups in total. The Hall–Kier alpha value is -3.41. The van der Waals surface area contributed by atoms with E-state index in [1.165, 1.54) is 31.4 Å². The van der Waals surface area contributed by atoms with Crippen LogP contribution in [0.2, 0.25) is 0 Å². The molecule has 2 aromatic rings. The fourth-order valence-corrected chi connectivity index (χ4v) is 4.39. The summed E-state index contributed by atoms with van der Waals surface area (Å²) >= 11 is 0. The second-order valence-electron chi connectivity index (χ2n) is 9.50. The maximum atomic E-state index is 12.9. The number of amides is 1. The molecule has 34 heavy (non-hydrogen) atoms. The third-order valence-electron chi connectivity index (χ3n) is 6.39. The van der Waals surface area contributed by atoms with Crippen molar-refractivity contribution in [3.05, 3.63) is 70.8 Å². The van der Waals surface area contributed by atoms with Crippen molar-refractivity contribution in [2.45, 2.75) is 64.7 Å². The van der Waals surface area contributed by atoms with E-state index < -0.39 is 5.97 Å². The molecule has 0 unspecified atom stereocenters. The van der Waals surface area contributed by atoms with Crippen LogP contribution in [0.5, 0.6) is 0 Å². The third kappa shape index (κ3) is 5.93. The molecule has 6 nitrogen and oxygen atoms in total. The lowest BCUT2D eigenvalue weighted by atomic mass is 9.76. The number of hydrogen-bond acceptors (Lipinski definition) is 4. The Kier molecular flexibility index (Phi) is 8.26. The zero-order valence-electron chi connectivity index (χ0n) is 20.3. The first kappa shape index (κ1) is 25.2. The minimum absolute atomic E-state index is 0.154. The van der Waals surface area contributed by atoms with E-state index in [2.05, 4.69) is 25.9 Å². The number of unbranched alkanes of at least 4 members (excludes halogenated alkanes) is 4. The number of aromatic carboxylic acids is 1. The maximum Gasteiger partial charge on any atom is 0.335 e. The number of nitrogens with zero attached hydrogens (tertiary/aromatic N) is 2. The number of benzene rings is 2. The van der Waals surface area contributed by atoms with E-state index in [0.717, 1.165) is 41.8 Å². The molecule has 180 valence electrons. The van der Waals surface area contributed by atoms with Crippen LogP contribution in [0.15, 0.2) is 53.7 Å². The van der Waals surface area contributed by atoms with Gasteiger partial charge in [0.05, 0.1) is 5.56 Å². The molecule has 1 aliphatic heterocycles. The van der Waals surface area contributed by atoms with E-state index in [9.17, 15) is 14.8 Å². The number of hydrogen-bond donors (Lipinski definition) is 2. The van der Waals surface area contributed by atoms with Gasteiger partial charge in [-0.1, -0.05) is 75.9 Å². The second kappa shape index (κ2) is 11.1. The van der Waals surface area contributed by atoms with Gasteiger partial charge in [-0.3, -0.25) is 4.79 Å². The number of carbonyl (C=O) groups excluding carboxylic acids is 1. The van der Waals surface area contributed by atoms with Gasteiger partial charge in [-0.05, 0) is 47.9 Å². The third-order valence-corrected chi connectivity index (χ3v) is 6.39. The summed E-state index contributed by atoms with van der Waals surface area (Å²) in [7, 11) is 0. The molecular formula is C28H34N2O4. The highest BCUT2D eigenvalue weighted by molar-refractivity contribution is 6.11. The number of anilines is 1. The number of carboxylic acid groups (broad SMARTS) is 1. The quantitative estimate of drug-likeness (QED) is 0.189. The van der Waals surface area contributed by atoms with Gasteiger partial charge >= 0.3 is 5.97 Å². The van der Waals surface area contributed by atoms with Crippen molar-refractivity contribution in [3.63, 3.8) is 0 Å². The van der Waals surface area contributed by atoms with E-state index in [-0.39, 0.29) is 16.9 Å². The van der Waals surface area contributed by atoms with Crippen molar-refractivity contribution in [2.75, 3.05) is 11.4 Å². The zero-order valence-corrected chi connectivity index (χ0v) is 20.3. The van der Waals surface area contributed by atoms with Gasteiger partial charge in [0, 0.05) is 29.6 Å². The van der Waals surface area contributed by atoms with Gasteiger partial charge in [-0.25, -0.2) is 4.79 Å². The predicted octanol–water partition coefficient (Wildman–Crippen LogP) is 6.26. The smallest absolute Gasteiger partial charge is 0.335 e. The molecule has 3 rings (SSSR count). The summed E-state index contributed by atoms with van der Waals surface area (Å²) in [5.74, 6) is -0.820. The number of rotatable bonds is 10. The first-order valence-electron chi connectivity index (χ1n) is 12.0. The lowest BCUT2D eigenvalue weighted by Crippen LogP contribution is -2.42. The minimum Gasteiger partial charge on any atom is -0.478 e.